The lowest BCUT2D eigenvalue weighted by Crippen LogP contribution is -2.28. The molecule has 0 radical (unpaired) electrons. The SMILES string of the molecule is COC(=O)CCc1cccc2c1CCN[C@H]2C.Cl. The smallest absolute Gasteiger partial charge is 0.305 e. The van der Waals surface area contributed by atoms with Crippen LogP contribution in [-0.2, 0) is 22.4 Å². The summed E-state index contributed by atoms with van der Waals surface area (Å²) in [5, 5.41) is 3.45. The quantitative estimate of drug-likeness (QED) is 0.857. The van der Waals surface area contributed by atoms with Crippen molar-refractivity contribution in [2.45, 2.75) is 32.2 Å². The van der Waals surface area contributed by atoms with E-state index in [1.807, 2.05) is 0 Å². The fourth-order valence-corrected chi connectivity index (χ4v) is 2.46. The Kier molecular flexibility index (Phi) is 5.63. The van der Waals surface area contributed by atoms with Gasteiger partial charge in [-0.3, -0.25) is 4.79 Å². The highest BCUT2D eigenvalue weighted by molar-refractivity contribution is 5.85. The van der Waals surface area contributed by atoms with Gasteiger partial charge in [-0.25, -0.2) is 0 Å². The Bertz CT molecular complexity index is 420. The lowest BCUT2D eigenvalue weighted by molar-refractivity contribution is -0.140. The molecule has 100 valence electrons. The first kappa shape index (κ1) is 15.0. The molecule has 0 saturated carbocycles. The van der Waals surface area contributed by atoms with Crippen molar-refractivity contribution in [3.63, 3.8) is 0 Å². The molecule has 3 nitrogen and oxygen atoms in total. The number of hydrogen-bond acceptors (Lipinski definition) is 3. The Morgan fingerprint density at radius 2 is 2.28 bits per heavy atom. The van der Waals surface area contributed by atoms with Crippen LogP contribution in [0.2, 0.25) is 0 Å². The second-order valence-corrected chi connectivity index (χ2v) is 4.49. The minimum absolute atomic E-state index is 0. The molecule has 0 saturated heterocycles. The van der Waals surface area contributed by atoms with Crippen LogP contribution in [0.1, 0.15) is 36.1 Å². The molecule has 1 N–H and O–H groups in total. The summed E-state index contributed by atoms with van der Waals surface area (Å²) in [5.41, 5.74) is 4.09. The Balaban J connectivity index is 0.00000162. The Morgan fingerprint density at radius 1 is 1.50 bits per heavy atom. The molecule has 0 spiro atoms. The fourth-order valence-electron chi connectivity index (χ4n) is 2.46. The van der Waals surface area contributed by atoms with E-state index in [0.29, 0.717) is 12.5 Å². The Hall–Kier alpha value is -1.06. The van der Waals surface area contributed by atoms with Gasteiger partial charge in [-0.15, -0.1) is 12.4 Å². The van der Waals surface area contributed by atoms with E-state index in [1.54, 1.807) is 0 Å². The standard InChI is InChI=1S/C14H19NO2.ClH/c1-10-12-5-3-4-11(6-7-14(16)17-2)13(12)8-9-15-10;/h3-5,10,15H,6-9H2,1-2H3;1H/t10-;/m0./s1. The van der Waals surface area contributed by atoms with E-state index in [-0.39, 0.29) is 18.4 Å². The molecule has 1 heterocycles. The number of ether oxygens (including phenoxy) is 1. The summed E-state index contributed by atoms with van der Waals surface area (Å²) in [4.78, 5) is 11.2. The van der Waals surface area contributed by atoms with Crippen molar-refractivity contribution < 1.29 is 9.53 Å². The first-order valence-corrected chi connectivity index (χ1v) is 6.13. The lowest BCUT2D eigenvalue weighted by atomic mass is 9.89. The molecule has 0 aliphatic carbocycles. The van der Waals surface area contributed by atoms with Crippen LogP contribution in [0, 0.1) is 0 Å². The van der Waals surface area contributed by atoms with Crippen LogP contribution in [0.15, 0.2) is 18.2 Å². The molecular formula is C14H20ClNO2. The van der Waals surface area contributed by atoms with Crippen molar-refractivity contribution in [1.82, 2.24) is 5.32 Å². The maximum Gasteiger partial charge on any atom is 0.305 e. The number of hydrogen-bond donors (Lipinski definition) is 1. The van der Waals surface area contributed by atoms with Gasteiger partial charge in [-0.2, -0.15) is 0 Å². The molecule has 0 amide bonds. The highest BCUT2D eigenvalue weighted by Crippen LogP contribution is 2.26. The minimum atomic E-state index is -0.135. The van der Waals surface area contributed by atoms with Crippen LogP contribution in [-0.4, -0.2) is 19.6 Å². The predicted octanol–water partition coefficient (Wildman–Crippen LogP) is 2.42. The Labute approximate surface area is 114 Å². The maximum atomic E-state index is 11.2. The molecule has 0 fully saturated rings. The molecule has 1 aromatic carbocycles. The van der Waals surface area contributed by atoms with Gasteiger partial charge in [-0.05, 0) is 43.0 Å². The summed E-state index contributed by atoms with van der Waals surface area (Å²) in [6.45, 7) is 3.20. The molecule has 0 bridgehead atoms. The zero-order valence-corrected chi connectivity index (χ0v) is 11.7. The van der Waals surface area contributed by atoms with Crippen molar-refractivity contribution >= 4 is 18.4 Å². The number of carbonyl (C=O) groups is 1. The highest BCUT2D eigenvalue weighted by atomic mass is 35.5. The fraction of sp³-hybridized carbons (Fsp3) is 0.500. The van der Waals surface area contributed by atoms with Crippen molar-refractivity contribution in [2.75, 3.05) is 13.7 Å². The number of benzene rings is 1. The minimum Gasteiger partial charge on any atom is -0.469 e. The lowest BCUT2D eigenvalue weighted by Gasteiger charge is -2.26. The van der Waals surface area contributed by atoms with Crippen molar-refractivity contribution in [1.29, 1.82) is 0 Å². The number of rotatable bonds is 3. The molecule has 0 aromatic heterocycles. The van der Waals surface area contributed by atoms with Crippen molar-refractivity contribution in [3.8, 4) is 0 Å². The van der Waals surface area contributed by atoms with Gasteiger partial charge in [-0.1, -0.05) is 18.2 Å². The third-order valence-corrected chi connectivity index (χ3v) is 3.43. The zero-order chi connectivity index (χ0) is 12.3. The third-order valence-electron chi connectivity index (χ3n) is 3.43. The summed E-state index contributed by atoms with van der Waals surface area (Å²) in [6.07, 6.45) is 2.30. The molecule has 4 heteroatoms. The predicted molar refractivity (Wildman–Crippen MR) is 74.1 cm³/mol. The van der Waals surface area contributed by atoms with Crippen LogP contribution >= 0.6 is 12.4 Å². The van der Waals surface area contributed by atoms with Crippen LogP contribution in [0.4, 0.5) is 0 Å². The number of methoxy groups -OCH3 is 1. The van der Waals surface area contributed by atoms with Crippen LogP contribution in [0.25, 0.3) is 0 Å². The first-order valence-electron chi connectivity index (χ1n) is 6.13. The summed E-state index contributed by atoms with van der Waals surface area (Å²) < 4.78 is 4.69. The average molecular weight is 270 g/mol. The van der Waals surface area contributed by atoms with Gasteiger partial charge < -0.3 is 10.1 Å². The van der Waals surface area contributed by atoms with Gasteiger partial charge in [0.2, 0.25) is 0 Å². The number of fused-ring (bicyclic) bond motifs is 1. The average Bonchev–Trinajstić information content (AvgIpc) is 2.36. The van der Waals surface area contributed by atoms with E-state index in [4.69, 9.17) is 0 Å². The summed E-state index contributed by atoms with van der Waals surface area (Å²) >= 11 is 0. The topological polar surface area (TPSA) is 38.3 Å². The van der Waals surface area contributed by atoms with E-state index in [9.17, 15) is 4.79 Å². The van der Waals surface area contributed by atoms with Gasteiger partial charge in [0, 0.05) is 12.5 Å². The van der Waals surface area contributed by atoms with Crippen LogP contribution in [0.3, 0.4) is 0 Å². The van der Waals surface area contributed by atoms with Crippen molar-refractivity contribution in [2.24, 2.45) is 0 Å². The van der Waals surface area contributed by atoms with Gasteiger partial charge in [0.05, 0.1) is 7.11 Å². The summed E-state index contributed by atoms with van der Waals surface area (Å²) in [5.74, 6) is -0.135. The normalized spacial score (nSPS) is 17.6. The molecule has 1 atom stereocenters. The molecule has 1 aromatic rings. The zero-order valence-electron chi connectivity index (χ0n) is 10.9. The number of carbonyl (C=O) groups excluding carboxylic acids is 1. The molecule has 18 heavy (non-hydrogen) atoms. The summed E-state index contributed by atoms with van der Waals surface area (Å²) in [6, 6.07) is 6.79. The van der Waals surface area contributed by atoms with E-state index in [2.05, 4.69) is 35.2 Å². The number of halogens is 1. The molecule has 0 unspecified atom stereocenters. The number of nitrogens with one attached hydrogen (secondary N) is 1. The number of aryl methyl sites for hydroxylation is 1. The van der Waals surface area contributed by atoms with E-state index in [0.717, 1.165) is 19.4 Å². The molecule has 1 aliphatic heterocycles. The monoisotopic (exact) mass is 269 g/mol. The second kappa shape index (κ2) is 6.76. The van der Waals surface area contributed by atoms with E-state index in [1.165, 1.54) is 23.8 Å². The molecule has 1 aliphatic rings. The second-order valence-electron chi connectivity index (χ2n) is 4.49. The largest absolute Gasteiger partial charge is 0.469 e. The van der Waals surface area contributed by atoms with Crippen LogP contribution in [0.5, 0.6) is 0 Å². The first-order chi connectivity index (χ1) is 8.22. The third kappa shape index (κ3) is 3.24. The Morgan fingerprint density at radius 3 is 3.00 bits per heavy atom. The van der Waals surface area contributed by atoms with E-state index >= 15 is 0 Å². The molecule has 2 rings (SSSR count). The molecular weight excluding hydrogens is 250 g/mol. The number of esters is 1. The van der Waals surface area contributed by atoms with Gasteiger partial charge in [0.15, 0.2) is 0 Å². The van der Waals surface area contributed by atoms with Gasteiger partial charge in [0.25, 0.3) is 0 Å². The highest BCUT2D eigenvalue weighted by Gasteiger charge is 2.18. The summed E-state index contributed by atoms with van der Waals surface area (Å²) in [7, 11) is 1.44. The van der Waals surface area contributed by atoms with Crippen molar-refractivity contribution in [3.05, 3.63) is 34.9 Å². The van der Waals surface area contributed by atoms with Gasteiger partial charge >= 0.3 is 5.97 Å². The van der Waals surface area contributed by atoms with Gasteiger partial charge in [0.1, 0.15) is 0 Å². The van der Waals surface area contributed by atoms with Crippen LogP contribution < -0.4 is 5.32 Å². The van der Waals surface area contributed by atoms with E-state index < -0.39 is 0 Å². The maximum absolute atomic E-state index is 11.2.